The van der Waals surface area contributed by atoms with Crippen LogP contribution >= 0.6 is 11.8 Å². The number of rotatable bonds is 4. The van der Waals surface area contributed by atoms with Gasteiger partial charge in [0, 0.05) is 17.6 Å². The average molecular weight is 510 g/mol. The number of aliphatic carboxylic acids is 1. The number of nitrogens with zero attached hydrogens (tertiary/aromatic N) is 2. The zero-order valence-electron chi connectivity index (χ0n) is 18.2. The van der Waals surface area contributed by atoms with Gasteiger partial charge in [0.2, 0.25) is 0 Å². The van der Waals surface area contributed by atoms with E-state index < -0.39 is 12.1 Å². The van der Waals surface area contributed by atoms with Crippen LogP contribution in [-0.4, -0.2) is 50.5 Å². The number of nitrogens with two attached hydrogens (primary N) is 1. The lowest BCUT2D eigenvalue weighted by atomic mass is 9.92. The van der Waals surface area contributed by atoms with Crippen LogP contribution in [0.3, 0.4) is 0 Å². The van der Waals surface area contributed by atoms with Gasteiger partial charge in [-0.3, -0.25) is 19.9 Å². The molecular formula is C22H22F3N5O4S. The van der Waals surface area contributed by atoms with Gasteiger partial charge in [-0.05, 0) is 55.2 Å². The number of carboxylic acid groups (broad SMARTS) is 1. The summed E-state index contributed by atoms with van der Waals surface area (Å²) in [5.41, 5.74) is 8.44. The summed E-state index contributed by atoms with van der Waals surface area (Å²) in [4.78, 5) is 41.4. The van der Waals surface area contributed by atoms with Gasteiger partial charge in [0.1, 0.15) is 5.82 Å². The number of carbonyl (C=O) groups is 3. The Morgan fingerprint density at radius 2 is 1.89 bits per heavy atom. The van der Waals surface area contributed by atoms with Crippen molar-refractivity contribution in [2.45, 2.75) is 43.9 Å². The van der Waals surface area contributed by atoms with Gasteiger partial charge in [-0.1, -0.05) is 18.2 Å². The number of thioether (sulfide) groups is 1. The summed E-state index contributed by atoms with van der Waals surface area (Å²) in [7, 11) is 0. The second kappa shape index (κ2) is 11.3. The lowest BCUT2D eigenvalue weighted by Crippen LogP contribution is -2.33. The molecule has 2 fully saturated rings. The highest BCUT2D eigenvalue weighted by molar-refractivity contribution is 8.18. The van der Waals surface area contributed by atoms with Gasteiger partial charge in [0.15, 0.2) is 0 Å². The molecule has 35 heavy (non-hydrogen) atoms. The van der Waals surface area contributed by atoms with Crippen molar-refractivity contribution in [1.82, 2.24) is 15.3 Å². The van der Waals surface area contributed by atoms with Gasteiger partial charge in [0.05, 0.1) is 23.0 Å². The lowest BCUT2D eigenvalue weighted by molar-refractivity contribution is -0.192. The normalized spacial score (nSPS) is 21.2. The Labute approximate surface area is 202 Å². The van der Waals surface area contributed by atoms with Crippen LogP contribution in [0.4, 0.5) is 23.8 Å². The minimum absolute atomic E-state index is 0.308. The minimum Gasteiger partial charge on any atom is -0.475 e. The molecule has 0 radical (unpaired) electrons. The van der Waals surface area contributed by atoms with E-state index in [0.717, 1.165) is 60.1 Å². The van der Waals surface area contributed by atoms with E-state index in [9.17, 15) is 22.8 Å². The number of hydrogen-bond acceptors (Lipinski definition) is 8. The van der Waals surface area contributed by atoms with E-state index in [2.05, 4.69) is 15.6 Å². The summed E-state index contributed by atoms with van der Waals surface area (Å²) < 4.78 is 31.7. The number of hydrogen-bond donors (Lipinski definition) is 4. The third-order valence-corrected chi connectivity index (χ3v) is 5.93. The van der Waals surface area contributed by atoms with Gasteiger partial charge in [0.25, 0.3) is 11.1 Å². The zero-order chi connectivity index (χ0) is 25.6. The lowest BCUT2D eigenvalue weighted by Gasteiger charge is -2.27. The Kier molecular flexibility index (Phi) is 8.46. The molecule has 1 aromatic heterocycles. The van der Waals surface area contributed by atoms with Crippen molar-refractivity contribution in [1.29, 1.82) is 0 Å². The topological polar surface area (TPSA) is 147 Å². The third kappa shape index (κ3) is 7.79. The molecule has 2 heterocycles. The van der Waals surface area contributed by atoms with Crippen molar-refractivity contribution in [3.63, 3.8) is 0 Å². The standard InChI is InChI=1S/C20H21N5O2S.C2HF3O2/c21-14-4-6-15(7-5-14)23-18-11-22-10-16(24-18)13-3-1-2-12(8-13)9-17-19(26)25-20(27)28-17;3-2(4,5)1(6)7/h1-3,8-11,14-15H,4-7,21H2,(H,23,24)(H,25,26,27);(H,6,7)/b17-9-;. The van der Waals surface area contributed by atoms with Crippen molar-refractivity contribution >= 4 is 40.8 Å². The molecule has 0 atom stereocenters. The summed E-state index contributed by atoms with van der Waals surface area (Å²) in [6.45, 7) is 0. The summed E-state index contributed by atoms with van der Waals surface area (Å²) in [6.07, 6.45) is 4.19. The molecule has 2 aromatic rings. The average Bonchev–Trinajstić information content (AvgIpc) is 3.12. The maximum Gasteiger partial charge on any atom is 0.490 e. The fraction of sp³-hybridized carbons (Fsp3) is 0.318. The first-order chi connectivity index (χ1) is 16.5. The van der Waals surface area contributed by atoms with Crippen LogP contribution in [0.5, 0.6) is 0 Å². The van der Waals surface area contributed by atoms with E-state index in [-0.39, 0.29) is 11.1 Å². The van der Waals surface area contributed by atoms with Crippen LogP contribution in [0.15, 0.2) is 41.6 Å². The van der Waals surface area contributed by atoms with Crippen LogP contribution in [0.25, 0.3) is 17.3 Å². The Morgan fingerprint density at radius 1 is 1.20 bits per heavy atom. The van der Waals surface area contributed by atoms with Gasteiger partial charge in [-0.25, -0.2) is 9.78 Å². The molecule has 1 saturated heterocycles. The van der Waals surface area contributed by atoms with Crippen LogP contribution < -0.4 is 16.4 Å². The Bertz CT molecular complexity index is 1130. The smallest absolute Gasteiger partial charge is 0.475 e. The van der Waals surface area contributed by atoms with E-state index in [1.54, 1.807) is 18.5 Å². The highest BCUT2D eigenvalue weighted by Crippen LogP contribution is 2.27. The Hall–Kier alpha value is -3.45. The third-order valence-electron chi connectivity index (χ3n) is 5.12. The molecule has 9 nitrogen and oxygen atoms in total. The molecule has 4 rings (SSSR count). The largest absolute Gasteiger partial charge is 0.490 e. The Morgan fingerprint density at radius 3 is 2.49 bits per heavy atom. The fourth-order valence-electron chi connectivity index (χ4n) is 3.41. The number of carboxylic acids is 1. The van der Waals surface area contributed by atoms with Crippen molar-refractivity contribution < 1.29 is 32.7 Å². The predicted octanol–water partition coefficient (Wildman–Crippen LogP) is 3.78. The van der Waals surface area contributed by atoms with E-state index in [1.807, 2.05) is 24.3 Å². The molecule has 2 amide bonds. The van der Waals surface area contributed by atoms with Crippen molar-refractivity contribution in [3.05, 3.63) is 47.1 Å². The number of imide groups is 1. The second-order valence-electron chi connectivity index (χ2n) is 7.83. The maximum atomic E-state index is 11.7. The number of amides is 2. The van der Waals surface area contributed by atoms with E-state index >= 15 is 0 Å². The van der Waals surface area contributed by atoms with Crippen LogP contribution in [0.1, 0.15) is 31.2 Å². The van der Waals surface area contributed by atoms with Gasteiger partial charge < -0.3 is 16.2 Å². The number of aromatic nitrogens is 2. The van der Waals surface area contributed by atoms with Gasteiger partial charge in [-0.15, -0.1) is 0 Å². The number of benzene rings is 1. The molecule has 2 aliphatic rings. The first-order valence-electron chi connectivity index (χ1n) is 10.5. The maximum absolute atomic E-state index is 11.7. The highest BCUT2D eigenvalue weighted by atomic mass is 32.2. The SMILES string of the molecule is NC1CCC(Nc2cncc(-c3cccc(/C=C4\SC(=O)NC4=O)c3)n2)CC1.O=C(O)C(F)(F)F. The molecule has 0 bridgehead atoms. The first kappa shape index (κ1) is 26.2. The molecule has 1 aliphatic carbocycles. The van der Waals surface area contributed by atoms with E-state index in [4.69, 9.17) is 20.6 Å². The monoisotopic (exact) mass is 509 g/mol. The molecule has 5 N–H and O–H groups in total. The molecule has 1 saturated carbocycles. The van der Waals surface area contributed by atoms with Gasteiger partial charge >= 0.3 is 12.1 Å². The number of halogens is 3. The Balaban J connectivity index is 0.000000429. The number of carbonyl (C=O) groups excluding carboxylic acids is 2. The van der Waals surface area contributed by atoms with Crippen LogP contribution in [-0.2, 0) is 9.59 Å². The first-order valence-corrected chi connectivity index (χ1v) is 11.3. The van der Waals surface area contributed by atoms with Crippen molar-refractivity contribution in [3.8, 4) is 11.3 Å². The molecule has 1 aliphatic heterocycles. The number of anilines is 1. The highest BCUT2D eigenvalue weighted by Gasteiger charge is 2.38. The van der Waals surface area contributed by atoms with Gasteiger partial charge in [-0.2, -0.15) is 13.2 Å². The summed E-state index contributed by atoms with van der Waals surface area (Å²) in [5, 5.41) is 12.5. The number of nitrogens with one attached hydrogen (secondary N) is 2. The van der Waals surface area contributed by atoms with Crippen molar-refractivity contribution in [2.24, 2.45) is 5.73 Å². The fourth-order valence-corrected chi connectivity index (χ4v) is 4.09. The summed E-state index contributed by atoms with van der Waals surface area (Å²) in [5.74, 6) is -2.37. The van der Waals surface area contributed by atoms with E-state index in [0.29, 0.717) is 17.0 Å². The molecule has 186 valence electrons. The molecule has 13 heteroatoms. The quantitative estimate of drug-likeness (QED) is 0.452. The summed E-state index contributed by atoms with van der Waals surface area (Å²) >= 11 is 0.907. The van der Waals surface area contributed by atoms with Crippen molar-refractivity contribution in [2.75, 3.05) is 5.32 Å². The summed E-state index contributed by atoms with van der Waals surface area (Å²) in [6, 6.07) is 8.33. The number of alkyl halides is 3. The minimum atomic E-state index is -5.08. The molecule has 1 aromatic carbocycles. The molecular weight excluding hydrogens is 487 g/mol. The second-order valence-corrected chi connectivity index (χ2v) is 8.84. The van der Waals surface area contributed by atoms with Crippen LogP contribution in [0, 0.1) is 0 Å². The molecule has 0 spiro atoms. The van der Waals surface area contributed by atoms with E-state index in [1.165, 1.54) is 0 Å². The predicted molar refractivity (Wildman–Crippen MR) is 124 cm³/mol. The zero-order valence-corrected chi connectivity index (χ0v) is 19.0. The van der Waals surface area contributed by atoms with Crippen LogP contribution in [0.2, 0.25) is 0 Å². The molecule has 0 unspecified atom stereocenters.